The molecule has 0 unspecified atom stereocenters. The van der Waals surface area contributed by atoms with Crippen LogP contribution in [0.1, 0.15) is 33.6 Å². The Kier molecular flexibility index (Phi) is 4.21. The zero-order chi connectivity index (χ0) is 10.6. The van der Waals surface area contributed by atoms with Crippen molar-refractivity contribution in [2.24, 2.45) is 0 Å². The predicted octanol–water partition coefficient (Wildman–Crippen LogP) is 2.31. The number of aliphatic hydroxyl groups is 1. The molecule has 0 amide bonds. The maximum absolute atomic E-state index is 9.23. The number of allylic oxidation sites excluding steroid dienone is 3. The number of nitrogens with zero attached hydrogens (tertiary/aromatic N) is 1. The summed E-state index contributed by atoms with van der Waals surface area (Å²) in [6.45, 7) is 8.17. The summed E-state index contributed by atoms with van der Waals surface area (Å²) in [5.74, 6) is 0. The van der Waals surface area contributed by atoms with Crippen LogP contribution >= 0.6 is 0 Å². The first-order valence-corrected chi connectivity index (χ1v) is 5.37. The standard InChI is InChI=1S/C12H21NO/c1-10-5-4-7-13(11(2)9-10)8-6-12(3)14/h5,9,12,14H,4,6-8H2,1-3H3/t12-/m0/s1. The third-order valence-electron chi connectivity index (χ3n) is 2.62. The molecule has 14 heavy (non-hydrogen) atoms. The molecule has 80 valence electrons. The first kappa shape index (κ1) is 11.3. The van der Waals surface area contributed by atoms with Gasteiger partial charge in [-0.1, -0.05) is 11.6 Å². The van der Waals surface area contributed by atoms with Crippen molar-refractivity contribution in [3.8, 4) is 0 Å². The summed E-state index contributed by atoms with van der Waals surface area (Å²) in [6, 6.07) is 0. The molecule has 2 heteroatoms. The molecular formula is C12H21NO. The van der Waals surface area contributed by atoms with Gasteiger partial charge in [0.15, 0.2) is 0 Å². The fraction of sp³-hybridized carbons (Fsp3) is 0.667. The Morgan fingerprint density at radius 1 is 1.50 bits per heavy atom. The maximum Gasteiger partial charge on any atom is 0.0528 e. The van der Waals surface area contributed by atoms with E-state index in [4.69, 9.17) is 0 Å². The highest BCUT2D eigenvalue weighted by atomic mass is 16.3. The van der Waals surface area contributed by atoms with E-state index in [0.29, 0.717) is 0 Å². The van der Waals surface area contributed by atoms with Gasteiger partial charge in [0.25, 0.3) is 0 Å². The molecule has 1 aliphatic heterocycles. The quantitative estimate of drug-likeness (QED) is 0.747. The summed E-state index contributed by atoms with van der Waals surface area (Å²) in [5, 5.41) is 9.23. The topological polar surface area (TPSA) is 23.5 Å². The molecule has 0 bridgehead atoms. The van der Waals surface area contributed by atoms with Gasteiger partial charge in [0.1, 0.15) is 0 Å². The van der Waals surface area contributed by atoms with Crippen LogP contribution in [0.5, 0.6) is 0 Å². The summed E-state index contributed by atoms with van der Waals surface area (Å²) in [4.78, 5) is 2.35. The molecule has 0 saturated carbocycles. The summed E-state index contributed by atoms with van der Waals surface area (Å²) in [6.07, 6.45) is 6.25. The van der Waals surface area contributed by atoms with Crippen LogP contribution in [0.4, 0.5) is 0 Å². The van der Waals surface area contributed by atoms with E-state index in [1.54, 1.807) is 0 Å². The van der Waals surface area contributed by atoms with Gasteiger partial charge in [0, 0.05) is 18.8 Å². The van der Waals surface area contributed by atoms with E-state index in [9.17, 15) is 5.11 Å². The van der Waals surface area contributed by atoms with Crippen LogP contribution in [0, 0.1) is 0 Å². The average Bonchev–Trinajstić information content (AvgIpc) is 2.23. The normalized spacial score (nSPS) is 19.9. The van der Waals surface area contributed by atoms with Gasteiger partial charge >= 0.3 is 0 Å². The Morgan fingerprint density at radius 3 is 2.86 bits per heavy atom. The van der Waals surface area contributed by atoms with Gasteiger partial charge in [0.2, 0.25) is 0 Å². The second kappa shape index (κ2) is 5.20. The lowest BCUT2D eigenvalue weighted by atomic mass is 10.2. The Bertz CT molecular complexity index is 241. The molecule has 1 N–H and O–H groups in total. The van der Waals surface area contributed by atoms with Gasteiger partial charge in [-0.05, 0) is 39.7 Å². The van der Waals surface area contributed by atoms with E-state index in [1.807, 2.05) is 6.92 Å². The molecule has 2 nitrogen and oxygen atoms in total. The maximum atomic E-state index is 9.23. The van der Waals surface area contributed by atoms with Gasteiger partial charge in [0.05, 0.1) is 6.10 Å². The van der Waals surface area contributed by atoms with E-state index >= 15 is 0 Å². The van der Waals surface area contributed by atoms with E-state index in [-0.39, 0.29) is 6.10 Å². The Labute approximate surface area is 86.9 Å². The summed E-state index contributed by atoms with van der Waals surface area (Å²) >= 11 is 0. The molecular weight excluding hydrogens is 174 g/mol. The van der Waals surface area contributed by atoms with E-state index in [1.165, 1.54) is 11.3 Å². The van der Waals surface area contributed by atoms with E-state index in [0.717, 1.165) is 25.9 Å². The molecule has 0 spiro atoms. The molecule has 0 fully saturated rings. The van der Waals surface area contributed by atoms with Crippen molar-refractivity contribution in [1.82, 2.24) is 4.90 Å². The van der Waals surface area contributed by atoms with E-state index < -0.39 is 0 Å². The average molecular weight is 195 g/mol. The first-order chi connectivity index (χ1) is 6.59. The number of hydrogen-bond donors (Lipinski definition) is 1. The van der Waals surface area contributed by atoms with Gasteiger partial charge in [-0.15, -0.1) is 0 Å². The second-order valence-electron chi connectivity index (χ2n) is 4.15. The Hall–Kier alpha value is -0.760. The second-order valence-corrected chi connectivity index (χ2v) is 4.15. The van der Waals surface area contributed by atoms with Crippen LogP contribution in [-0.2, 0) is 0 Å². The van der Waals surface area contributed by atoms with Crippen molar-refractivity contribution < 1.29 is 5.11 Å². The van der Waals surface area contributed by atoms with Gasteiger partial charge < -0.3 is 10.0 Å². The fourth-order valence-corrected chi connectivity index (χ4v) is 1.73. The third kappa shape index (κ3) is 3.54. The van der Waals surface area contributed by atoms with Gasteiger partial charge in [-0.25, -0.2) is 0 Å². The smallest absolute Gasteiger partial charge is 0.0528 e. The lowest BCUT2D eigenvalue weighted by Crippen LogP contribution is -2.25. The number of aliphatic hydroxyl groups excluding tert-OH is 1. The van der Waals surface area contributed by atoms with Crippen LogP contribution in [0.2, 0.25) is 0 Å². The van der Waals surface area contributed by atoms with Gasteiger partial charge in [-0.2, -0.15) is 0 Å². The monoisotopic (exact) mass is 195 g/mol. The highest BCUT2D eigenvalue weighted by Crippen LogP contribution is 2.14. The van der Waals surface area contributed by atoms with Gasteiger partial charge in [-0.3, -0.25) is 0 Å². The van der Waals surface area contributed by atoms with Crippen molar-refractivity contribution in [3.63, 3.8) is 0 Å². The van der Waals surface area contributed by atoms with Crippen molar-refractivity contribution in [1.29, 1.82) is 0 Å². The molecule has 1 aliphatic rings. The largest absolute Gasteiger partial charge is 0.393 e. The van der Waals surface area contributed by atoms with Crippen LogP contribution in [-0.4, -0.2) is 29.2 Å². The molecule has 1 atom stereocenters. The van der Waals surface area contributed by atoms with Crippen LogP contribution in [0.3, 0.4) is 0 Å². The zero-order valence-corrected chi connectivity index (χ0v) is 9.45. The van der Waals surface area contributed by atoms with Crippen molar-refractivity contribution in [2.45, 2.75) is 39.7 Å². The lowest BCUT2D eigenvalue weighted by molar-refractivity contribution is 0.167. The number of rotatable bonds is 3. The molecule has 0 aromatic carbocycles. The molecule has 0 radical (unpaired) electrons. The third-order valence-corrected chi connectivity index (χ3v) is 2.62. The van der Waals surface area contributed by atoms with Crippen LogP contribution < -0.4 is 0 Å². The van der Waals surface area contributed by atoms with Crippen LogP contribution in [0.15, 0.2) is 23.4 Å². The lowest BCUT2D eigenvalue weighted by Gasteiger charge is -2.24. The minimum absolute atomic E-state index is 0.194. The summed E-state index contributed by atoms with van der Waals surface area (Å²) in [7, 11) is 0. The molecule has 1 heterocycles. The minimum atomic E-state index is -0.194. The van der Waals surface area contributed by atoms with Crippen LogP contribution in [0.25, 0.3) is 0 Å². The molecule has 0 saturated heterocycles. The zero-order valence-electron chi connectivity index (χ0n) is 9.45. The molecule has 1 rings (SSSR count). The Morgan fingerprint density at radius 2 is 2.21 bits per heavy atom. The highest BCUT2D eigenvalue weighted by molar-refractivity contribution is 5.22. The molecule has 0 aromatic rings. The van der Waals surface area contributed by atoms with Crippen molar-refractivity contribution >= 4 is 0 Å². The number of hydrogen-bond acceptors (Lipinski definition) is 2. The minimum Gasteiger partial charge on any atom is -0.393 e. The van der Waals surface area contributed by atoms with E-state index in [2.05, 4.69) is 30.9 Å². The summed E-state index contributed by atoms with van der Waals surface area (Å²) < 4.78 is 0. The molecule has 0 aromatic heterocycles. The predicted molar refractivity (Wildman–Crippen MR) is 60.0 cm³/mol. The fourth-order valence-electron chi connectivity index (χ4n) is 1.73. The molecule has 0 aliphatic carbocycles. The summed E-state index contributed by atoms with van der Waals surface area (Å²) in [5.41, 5.74) is 2.67. The SMILES string of the molecule is CC1=CCCN(CC[C@H](C)O)C(C)=C1. The Balaban J connectivity index is 2.50. The van der Waals surface area contributed by atoms with Crippen molar-refractivity contribution in [2.75, 3.05) is 13.1 Å². The first-order valence-electron chi connectivity index (χ1n) is 5.37. The highest BCUT2D eigenvalue weighted by Gasteiger charge is 2.08. The van der Waals surface area contributed by atoms with Crippen molar-refractivity contribution in [3.05, 3.63) is 23.4 Å².